The topological polar surface area (TPSA) is 41.1 Å². The van der Waals surface area contributed by atoms with Crippen LogP contribution in [0, 0.1) is 11.7 Å². The average molecular weight is 376 g/mol. The molecule has 28 heavy (non-hydrogen) atoms. The summed E-state index contributed by atoms with van der Waals surface area (Å²) in [6.07, 6.45) is 2.42. The predicted molar refractivity (Wildman–Crippen MR) is 112 cm³/mol. The van der Waals surface area contributed by atoms with Gasteiger partial charge in [0.05, 0.1) is 5.69 Å². The van der Waals surface area contributed by atoms with E-state index in [4.69, 9.17) is 9.97 Å². The fraction of sp³-hybridized carbons (Fsp3) is 0.304. The number of benzene rings is 2. The van der Waals surface area contributed by atoms with Gasteiger partial charge in [0.1, 0.15) is 11.6 Å². The molecule has 144 valence electrons. The molecule has 0 bridgehead atoms. The number of halogens is 1. The summed E-state index contributed by atoms with van der Waals surface area (Å²) in [5.41, 5.74) is 2.99. The Bertz CT molecular complexity index is 912. The molecule has 5 heteroatoms. The van der Waals surface area contributed by atoms with Crippen LogP contribution >= 0.6 is 0 Å². The number of hydrogen-bond donors (Lipinski definition) is 1. The molecule has 0 amide bonds. The third-order valence-electron chi connectivity index (χ3n) is 5.11. The van der Waals surface area contributed by atoms with E-state index in [1.807, 2.05) is 24.3 Å². The maximum atomic E-state index is 13.1. The second-order valence-electron chi connectivity index (χ2n) is 7.48. The van der Waals surface area contributed by atoms with Crippen LogP contribution in [0.15, 0.2) is 60.7 Å². The fourth-order valence-corrected chi connectivity index (χ4v) is 3.59. The van der Waals surface area contributed by atoms with E-state index in [1.165, 1.54) is 25.0 Å². The number of piperidine rings is 1. The summed E-state index contributed by atoms with van der Waals surface area (Å²) < 4.78 is 13.1. The minimum atomic E-state index is -0.223. The van der Waals surface area contributed by atoms with Gasteiger partial charge in [-0.3, -0.25) is 0 Å². The lowest BCUT2D eigenvalue weighted by atomic mass is 10.0. The van der Waals surface area contributed by atoms with Crippen LogP contribution in [-0.2, 0) is 6.54 Å². The van der Waals surface area contributed by atoms with E-state index in [2.05, 4.69) is 29.3 Å². The third kappa shape index (κ3) is 4.47. The molecule has 4 rings (SSSR count). The lowest BCUT2D eigenvalue weighted by molar-refractivity contribution is 0.442. The van der Waals surface area contributed by atoms with Gasteiger partial charge in [-0.05, 0) is 36.5 Å². The van der Waals surface area contributed by atoms with E-state index in [1.54, 1.807) is 12.1 Å². The smallest absolute Gasteiger partial charge is 0.227 e. The SMILES string of the molecule is CC1CCCN(c2nc(NCc3ccc(F)cc3)cc(-c3ccccc3)n2)C1. The molecule has 0 aliphatic carbocycles. The van der Waals surface area contributed by atoms with E-state index in [-0.39, 0.29) is 5.82 Å². The molecule has 2 heterocycles. The second kappa shape index (κ2) is 8.38. The minimum absolute atomic E-state index is 0.223. The van der Waals surface area contributed by atoms with E-state index in [0.717, 1.165) is 41.7 Å². The van der Waals surface area contributed by atoms with Crippen molar-refractivity contribution in [3.05, 3.63) is 72.0 Å². The Balaban J connectivity index is 1.62. The van der Waals surface area contributed by atoms with Crippen LogP contribution in [0.4, 0.5) is 16.2 Å². The quantitative estimate of drug-likeness (QED) is 0.670. The van der Waals surface area contributed by atoms with Crippen LogP contribution in [-0.4, -0.2) is 23.1 Å². The lowest BCUT2D eigenvalue weighted by Crippen LogP contribution is -2.35. The van der Waals surface area contributed by atoms with Crippen molar-refractivity contribution in [1.82, 2.24) is 9.97 Å². The summed E-state index contributed by atoms with van der Waals surface area (Å²) >= 11 is 0. The van der Waals surface area contributed by atoms with E-state index in [0.29, 0.717) is 12.5 Å². The van der Waals surface area contributed by atoms with Gasteiger partial charge < -0.3 is 10.2 Å². The van der Waals surface area contributed by atoms with Gasteiger partial charge in [-0.1, -0.05) is 49.4 Å². The number of aromatic nitrogens is 2. The largest absolute Gasteiger partial charge is 0.366 e. The van der Waals surface area contributed by atoms with Gasteiger partial charge in [-0.15, -0.1) is 0 Å². The summed E-state index contributed by atoms with van der Waals surface area (Å²) in [7, 11) is 0. The highest BCUT2D eigenvalue weighted by Crippen LogP contribution is 2.26. The Morgan fingerprint density at radius 2 is 1.86 bits per heavy atom. The fourth-order valence-electron chi connectivity index (χ4n) is 3.59. The molecule has 1 unspecified atom stereocenters. The van der Waals surface area contributed by atoms with Gasteiger partial charge >= 0.3 is 0 Å². The van der Waals surface area contributed by atoms with Crippen molar-refractivity contribution in [2.24, 2.45) is 5.92 Å². The normalized spacial score (nSPS) is 16.8. The van der Waals surface area contributed by atoms with Gasteiger partial charge in [0, 0.05) is 31.3 Å². The van der Waals surface area contributed by atoms with Crippen molar-refractivity contribution in [1.29, 1.82) is 0 Å². The minimum Gasteiger partial charge on any atom is -0.366 e. The first-order valence-corrected chi connectivity index (χ1v) is 9.85. The highest BCUT2D eigenvalue weighted by molar-refractivity contribution is 5.64. The molecule has 1 aromatic heterocycles. The van der Waals surface area contributed by atoms with E-state index in [9.17, 15) is 4.39 Å². The number of anilines is 2. The van der Waals surface area contributed by atoms with Crippen molar-refractivity contribution in [2.45, 2.75) is 26.3 Å². The van der Waals surface area contributed by atoms with Crippen LogP contribution in [0.3, 0.4) is 0 Å². The maximum Gasteiger partial charge on any atom is 0.227 e. The molecular formula is C23H25FN4. The highest BCUT2D eigenvalue weighted by Gasteiger charge is 2.20. The molecule has 4 nitrogen and oxygen atoms in total. The molecule has 0 radical (unpaired) electrons. The monoisotopic (exact) mass is 376 g/mol. The summed E-state index contributed by atoms with van der Waals surface area (Å²) in [6.45, 7) is 4.83. The third-order valence-corrected chi connectivity index (χ3v) is 5.11. The molecule has 1 saturated heterocycles. The van der Waals surface area contributed by atoms with Crippen LogP contribution in [0.5, 0.6) is 0 Å². The van der Waals surface area contributed by atoms with Gasteiger partial charge in [0.2, 0.25) is 5.95 Å². The first-order chi connectivity index (χ1) is 13.7. The zero-order valence-corrected chi connectivity index (χ0v) is 16.1. The molecule has 1 atom stereocenters. The molecule has 3 aromatic rings. The number of nitrogens with one attached hydrogen (secondary N) is 1. The number of rotatable bonds is 5. The Kier molecular flexibility index (Phi) is 5.51. The highest BCUT2D eigenvalue weighted by atomic mass is 19.1. The summed E-state index contributed by atoms with van der Waals surface area (Å²) in [5.74, 6) is 1.98. The van der Waals surface area contributed by atoms with Gasteiger partial charge in [0.15, 0.2) is 0 Å². The first kappa shape index (κ1) is 18.4. The summed E-state index contributed by atoms with van der Waals surface area (Å²) in [4.78, 5) is 11.9. The Labute approximate surface area is 165 Å². The number of hydrogen-bond acceptors (Lipinski definition) is 4. The average Bonchev–Trinajstić information content (AvgIpc) is 2.74. The molecular weight excluding hydrogens is 351 g/mol. The van der Waals surface area contributed by atoms with Crippen molar-refractivity contribution in [2.75, 3.05) is 23.3 Å². The zero-order valence-electron chi connectivity index (χ0n) is 16.1. The van der Waals surface area contributed by atoms with Crippen molar-refractivity contribution in [3.8, 4) is 11.3 Å². The van der Waals surface area contributed by atoms with Crippen molar-refractivity contribution >= 4 is 11.8 Å². The molecule has 1 N–H and O–H groups in total. The van der Waals surface area contributed by atoms with Crippen LogP contribution < -0.4 is 10.2 Å². The van der Waals surface area contributed by atoms with E-state index >= 15 is 0 Å². The van der Waals surface area contributed by atoms with Crippen molar-refractivity contribution < 1.29 is 4.39 Å². The van der Waals surface area contributed by atoms with Crippen molar-refractivity contribution in [3.63, 3.8) is 0 Å². The maximum absolute atomic E-state index is 13.1. The van der Waals surface area contributed by atoms with Gasteiger partial charge in [-0.2, -0.15) is 4.98 Å². The number of nitrogens with zero attached hydrogens (tertiary/aromatic N) is 3. The summed E-state index contributed by atoms with van der Waals surface area (Å²) in [6, 6.07) is 18.7. The van der Waals surface area contributed by atoms with E-state index < -0.39 is 0 Å². The molecule has 1 fully saturated rings. The Morgan fingerprint density at radius 3 is 2.61 bits per heavy atom. The molecule has 1 aliphatic heterocycles. The standard InChI is InChI=1S/C23H25FN4/c1-17-6-5-13-28(16-17)23-26-21(19-7-3-2-4-8-19)14-22(27-23)25-15-18-9-11-20(24)12-10-18/h2-4,7-12,14,17H,5-6,13,15-16H2,1H3,(H,25,26,27). The van der Waals surface area contributed by atoms with Crippen LogP contribution in [0.25, 0.3) is 11.3 Å². The Morgan fingerprint density at radius 1 is 1.07 bits per heavy atom. The summed E-state index contributed by atoms with van der Waals surface area (Å²) in [5, 5.41) is 3.38. The predicted octanol–water partition coefficient (Wildman–Crippen LogP) is 5.13. The molecule has 2 aromatic carbocycles. The molecule has 0 saturated carbocycles. The second-order valence-corrected chi connectivity index (χ2v) is 7.48. The molecule has 0 spiro atoms. The first-order valence-electron chi connectivity index (χ1n) is 9.85. The van der Waals surface area contributed by atoms with Gasteiger partial charge in [-0.25, -0.2) is 9.37 Å². The van der Waals surface area contributed by atoms with Crippen LogP contribution in [0.1, 0.15) is 25.3 Å². The van der Waals surface area contributed by atoms with Crippen LogP contribution in [0.2, 0.25) is 0 Å². The lowest BCUT2D eigenvalue weighted by Gasteiger charge is -2.31. The Hall–Kier alpha value is -2.95. The van der Waals surface area contributed by atoms with Gasteiger partial charge in [0.25, 0.3) is 0 Å². The molecule has 1 aliphatic rings. The zero-order chi connectivity index (χ0) is 19.3.